The molecule has 1 aliphatic heterocycles. The standard InChI is InChI=1S/C19H19Cl2N5O2/c1-25(6-7-27)11-8-22-18(23-9-11)19(28)26-5-4-15-13(10-26)12-2-3-14(20)16(21)17(12)24-15/h2-3,8-9,24,27H,4-7,10H2,1H3. The lowest BCUT2D eigenvalue weighted by Crippen LogP contribution is -2.36. The quantitative estimate of drug-likeness (QED) is 0.678. The van der Waals surface area contributed by atoms with Gasteiger partial charge in [-0.05, 0) is 6.07 Å². The molecule has 1 aromatic carbocycles. The van der Waals surface area contributed by atoms with E-state index in [-0.39, 0.29) is 18.3 Å². The number of fused-ring (bicyclic) bond motifs is 3. The average Bonchev–Trinajstić information content (AvgIpc) is 3.09. The Hall–Kier alpha value is -2.35. The van der Waals surface area contributed by atoms with Crippen LogP contribution in [0.25, 0.3) is 10.9 Å². The van der Waals surface area contributed by atoms with E-state index in [1.807, 2.05) is 18.0 Å². The third kappa shape index (κ3) is 3.30. The highest BCUT2D eigenvalue weighted by atomic mass is 35.5. The molecule has 2 aromatic heterocycles. The van der Waals surface area contributed by atoms with Crippen molar-refractivity contribution in [3.63, 3.8) is 0 Å². The largest absolute Gasteiger partial charge is 0.395 e. The van der Waals surface area contributed by atoms with Gasteiger partial charge in [0.25, 0.3) is 5.91 Å². The minimum Gasteiger partial charge on any atom is -0.395 e. The smallest absolute Gasteiger partial charge is 0.291 e. The van der Waals surface area contributed by atoms with Gasteiger partial charge in [-0.3, -0.25) is 4.79 Å². The normalized spacial score (nSPS) is 13.6. The average molecular weight is 420 g/mol. The Morgan fingerprint density at radius 3 is 2.79 bits per heavy atom. The van der Waals surface area contributed by atoms with E-state index in [1.165, 1.54) is 0 Å². The number of H-pyrrole nitrogens is 1. The van der Waals surface area contributed by atoms with Crippen molar-refractivity contribution in [3.8, 4) is 0 Å². The van der Waals surface area contributed by atoms with Crippen molar-refractivity contribution < 1.29 is 9.90 Å². The molecular formula is C19H19Cl2N5O2. The number of anilines is 1. The molecule has 0 spiro atoms. The molecule has 0 bridgehead atoms. The maximum Gasteiger partial charge on any atom is 0.291 e. The Labute approximate surface area is 171 Å². The van der Waals surface area contributed by atoms with Gasteiger partial charge in [0.1, 0.15) is 0 Å². The maximum atomic E-state index is 12.9. The SMILES string of the molecule is CN(CCO)c1cnc(C(=O)N2CCc3[nH]c4c(Cl)c(Cl)ccc4c3C2)nc1. The van der Waals surface area contributed by atoms with E-state index >= 15 is 0 Å². The van der Waals surface area contributed by atoms with E-state index in [9.17, 15) is 4.79 Å². The van der Waals surface area contributed by atoms with E-state index in [1.54, 1.807) is 23.4 Å². The Balaban J connectivity index is 1.57. The predicted octanol–water partition coefficient (Wildman–Crippen LogP) is 2.89. The molecule has 0 aliphatic carbocycles. The summed E-state index contributed by atoms with van der Waals surface area (Å²) in [7, 11) is 1.83. The number of amides is 1. The van der Waals surface area contributed by atoms with E-state index in [4.69, 9.17) is 28.3 Å². The van der Waals surface area contributed by atoms with Crippen molar-refractivity contribution in [2.24, 2.45) is 0 Å². The molecule has 3 heterocycles. The van der Waals surface area contributed by atoms with E-state index in [2.05, 4.69) is 15.0 Å². The summed E-state index contributed by atoms with van der Waals surface area (Å²) in [5.74, 6) is -0.0538. The van der Waals surface area contributed by atoms with Gasteiger partial charge in [0.05, 0.1) is 40.2 Å². The summed E-state index contributed by atoms with van der Waals surface area (Å²) in [6, 6.07) is 3.70. The van der Waals surface area contributed by atoms with Crippen LogP contribution in [0, 0.1) is 0 Å². The first kappa shape index (κ1) is 19.0. The van der Waals surface area contributed by atoms with Crippen LogP contribution < -0.4 is 4.90 Å². The second kappa shape index (κ2) is 7.58. The van der Waals surface area contributed by atoms with Gasteiger partial charge in [-0.2, -0.15) is 0 Å². The molecule has 7 nitrogen and oxygen atoms in total. The summed E-state index contributed by atoms with van der Waals surface area (Å²) >= 11 is 12.4. The molecule has 0 atom stereocenters. The van der Waals surface area contributed by atoms with Crippen LogP contribution in [-0.4, -0.2) is 57.6 Å². The van der Waals surface area contributed by atoms with Crippen LogP contribution in [0.4, 0.5) is 5.69 Å². The zero-order chi connectivity index (χ0) is 19.8. The number of likely N-dealkylation sites (N-methyl/N-ethyl adjacent to an activating group) is 1. The number of nitrogens with one attached hydrogen (secondary N) is 1. The molecule has 0 fully saturated rings. The zero-order valence-corrected chi connectivity index (χ0v) is 16.8. The third-order valence-corrected chi connectivity index (χ3v) is 5.84. The fourth-order valence-electron chi connectivity index (χ4n) is 3.45. The zero-order valence-electron chi connectivity index (χ0n) is 15.2. The van der Waals surface area contributed by atoms with Gasteiger partial charge in [0, 0.05) is 49.7 Å². The van der Waals surface area contributed by atoms with Gasteiger partial charge < -0.3 is 19.9 Å². The number of carbonyl (C=O) groups is 1. The summed E-state index contributed by atoms with van der Waals surface area (Å²) < 4.78 is 0. The fourth-order valence-corrected chi connectivity index (χ4v) is 3.82. The summed E-state index contributed by atoms with van der Waals surface area (Å²) in [5.41, 5.74) is 3.67. The first-order valence-electron chi connectivity index (χ1n) is 8.90. The lowest BCUT2D eigenvalue weighted by molar-refractivity contribution is 0.0722. The fraction of sp³-hybridized carbons (Fsp3) is 0.316. The summed E-state index contributed by atoms with van der Waals surface area (Å²) in [4.78, 5) is 28.2. The predicted molar refractivity (Wildman–Crippen MR) is 109 cm³/mol. The number of aromatic amines is 1. The molecule has 0 saturated heterocycles. The van der Waals surface area contributed by atoms with Crippen LogP contribution in [0.3, 0.4) is 0 Å². The molecule has 9 heteroatoms. The number of carbonyl (C=O) groups excluding carboxylic acids is 1. The van der Waals surface area contributed by atoms with Crippen LogP contribution in [0.5, 0.6) is 0 Å². The number of nitrogens with zero attached hydrogens (tertiary/aromatic N) is 4. The summed E-state index contributed by atoms with van der Waals surface area (Å²) in [5, 5.41) is 11.0. The number of aliphatic hydroxyl groups excluding tert-OH is 1. The monoisotopic (exact) mass is 419 g/mol. The van der Waals surface area contributed by atoms with Gasteiger partial charge in [-0.15, -0.1) is 0 Å². The minimum atomic E-state index is -0.212. The highest BCUT2D eigenvalue weighted by molar-refractivity contribution is 6.45. The molecule has 1 amide bonds. The molecular weight excluding hydrogens is 401 g/mol. The van der Waals surface area contributed by atoms with Gasteiger partial charge in [-0.1, -0.05) is 29.3 Å². The molecule has 3 aromatic rings. The number of hydrogen-bond donors (Lipinski definition) is 2. The number of aliphatic hydroxyl groups is 1. The van der Waals surface area contributed by atoms with Crippen molar-refractivity contribution >= 4 is 45.7 Å². The molecule has 28 heavy (non-hydrogen) atoms. The number of halogens is 2. The molecule has 0 radical (unpaired) electrons. The van der Waals surface area contributed by atoms with Gasteiger partial charge in [0.15, 0.2) is 0 Å². The Kier molecular flexibility index (Phi) is 5.14. The summed E-state index contributed by atoms with van der Waals surface area (Å²) in [6.45, 7) is 1.53. The number of rotatable bonds is 4. The number of aromatic nitrogens is 3. The second-order valence-corrected chi connectivity index (χ2v) is 7.54. The van der Waals surface area contributed by atoms with Crippen molar-refractivity contribution in [3.05, 3.63) is 51.7 Å². The van der Waals surface area contributed by atoms with E-state index < -0.39 is 0 Å². The molecule has 4 rings (SSSR count). The third-order valence-electron chi connectivity index (χ3n) is 5.03. The van der Waals surface area contributed by atoms with Crippen LogP contribution in [0.15, 0.2) is 24.5 Å². The van der Waals surface area contributed by atoms with Crippen LogP contribution in [-0.2, 0) is 13.0 Å². The van der Waals surface area contributed by atoms with Crippen molar-refractivity contribution in [1.29, 1.82) is 0 Å². The Morgan fingerprint density at radius 1 is 1.32 bits per heavy atom. The Morgan fingerprint density at radius 2 is 2.07 bits per heavy atom. The van der Waals surface area contributed by atoms with Crippen molar-refractivity contribution in [2.45, 2.75) is 13.0 Å². The molecule has 146 valence electrons. The second-order valence-electron chi connectivity index (χ2n) is 6.75. The first-order valence-corrected chi connectivity index (χ1v) is 9.66. The van der Waals surface area contributed by atoms with Crippen LogP contribution in [0.1, 0.15) is 21.9 Å². The first-order chi connectivity index (χ1) is 13.5. The topological polar surface area (TPSA) is 85.4 Å². The van der Waals surface area contributed by atoms with Crippen molar-refractivity contribution in [1.82, 2.24) is 19.9 Å². The van der Waals surface area contributed by atoms with Crippen LogP contribution >= 0.6 is 23.2 Å². The molecule has 0 saturated carbocycles. The minimum absolute atomic E-state index is 0.0349. The van der Waals surface area contributed by atoms with Crippen LogP contribution in [0.2, 0.25) is 10.0 Å². The van der Waals surface area contributed by atoms with E-state index in [0.717, 1.165) is 27.8 Å². The van der Waals surface area contributed by atoms with Gasteiger partial charge >= 0.3 is 0 Å². The highest BCUT2D eigenvalue weighted by Crippen LogP contribution is 2.35. The molecule has 2 N–H and O–H groups in total. The molecule has 1 aliphatic rings. The highest BCUT2D eigenvalue weighted by Gasteiger charge is 2.27. The van der Waals surface area contributed by atoms with Gasteiger partial charge in [-0.25, -0.2) is 9.97 Å². The lowest BCUT2D eigenvalue weighted by atomic mass is 10.0. The lowest BCUT2D eigenvalue weighted by Gasteiger charge is -2.26. The van der Waals surface area contributed by atoms with Gasteiger partial charge in [0.2, 0.25) is 5.82 Å². The summed E-state index contributed by atoms with van der Waals surface area (Å²) in [6.07, 6.45) is 3.89. The maximum absolute atomic E-state index is 12.9. The van der Waals surface area contributed by atoms with Crippen molar-refractivity contribution in [2.75, 3.05) is 31.6 Å². The Bertz CT molecular complexity index is 1030. The van der Waals surface area contributed by atoms with E-state index in [0.29, 0.717) is 36.1 Å². The number of benzene rings is 1. The number of hydrogen-bond acceptors (Lipinski definition) is 5. The molecule has 0 unspecified atom stereocenters.